The van der Waals surface area contributed by atoms with Crippen LogP contribution in [0.25, 0.3) is 0 Å². The summed E-state index contributed by atoms with van der Waals surface area (Å²) in [6.07, 6.45) is 1.05. The number of rotatable bonds is 5. The van der Waals surface area contributed by atoms with Crippen LogP contribution in [0, 0.1) is 6.92 Å². The first-order chi connectivity index (χ1) is 13.7. The van der Waals surface area contributed by atoms with Crippen molar-refractivity contribution in [2.45, 2.75) is 17.8 Å². The van der Waals surface area contributed by atoms with Crippen molar-refractivity contribution in [1.29, 1.82) is 0 Å². The average Bonchev–Trinajstić information content (AvgIpc) is 2.66. The maximum absolute atomic E-state index is 12.6. The number of nitrogens with zero attached hydrogens (tertiary/aromatic N) is 2. The fourth-order valence-corrected chi connectivity index (χ4v) is 3.96. The van der Waals surface area contributed by atoms with Crippen molar-refractivity contribution >= 4 is 50.6 Å². The Balaban J connectivity index is 1.87. The average molecular weight is 472 g/mol. The van der Waals surface area contributed by atoms with Gasteiger partial charge in [0.1, 0.15) is 5.75 Å². The van der Waals surface area contributed by atoms with E-state index in [1.165, 1.54) is 6.07 Å². The Bertz CT molecular complexity index is 1180. The molecule has 0 aliphatic rings. The topological polar surface area (TPSA) is 86.2 Å². The molecule has 0 aliphatic carbocycles. The van der Waals surface area contributed by atoms with Crippen LogP contribution >= 0.6 is 34.8 Å². The van der Waals surface area contributed by atoms with Crippen molar-refractivity contribution in [2.24, 2.45) is 0 Å². The Labute approximate surface area is 182 Å². The summed E-state index contributed by atoms with van der Waals surface area (Å²) in [4.78, 5) is 20.1. The van der Waals surface area contributed by atoms with Crippen LogP contribution in [-0.2, 0) is 15.6 Å². The minimum Gasteiger partial charge on any atom is -0.422 e. The third-order valence-electron chi connectivity index (χ3n) is 3.80. The molecule has 0 unspecified atom stereocenters. The third kappa shape index (κ3) is 5.25. The molecule has 1 heterocycles. The van der Waals surface area contributed by atoms with Crippen molar-refractivity contribution in [3.8, 4) is 5.75 Å². The van der Waals surface area contributed by atoms with Crippen molar-refractivity contribution in [2.75, 3.05) is 0 Å². The first kappa shape index (κ1) is 21.5. The van der Waals surface area contributed by atoms with Crippen LogP contribution in [0.1, 0.15) is 21.6 Å². The van der Waals surface area contributed by atoms with Crippen molar-refractivity contribution in [3.05, 3.63) is 80.6 Å². The van der Waals surface area contributed by atoms with Gasteiger partial charge in [0.25, 0.3) is 0 Å². The minimum absolute atomic E-state index is 0.133. The maximum atomic E-state index is 12.6. The number of carbonyl (C=O) groups excluding carboxylic acids is 1. The van der Waals surface area contributed by atoms with Gasteiger partial charge in [-0.1, -0.05) is 46.9 Å². The summed E-state index contributed by atoms with van der Waals surface area (Å²) < 4.78 is 30.5. The highest BCUT2D eigenvalue weighted by Crippen LogP contribution is 2.24. The number of aryl methyl sites for hydroxylation is 1. The molecule has 0 fully saturated rings. The largest absolute Gasteiger partial charge is 0.422 e. The van der Waals surface area contributed by atoms with Gasteiger partial charge in [0.2, 0.25) is 15.0 Å². The Morgan fingerprint density at radius 3 is 2.38 bits per heavy atom. The van der Waals surface area contributed by atoms with Gasteiger partial charge in [-0.25, -0.2) is 23.2 Å². The number of hydrogen-bond donors (Lipinski definition) is 0. The van der Waals surface area contributed by atoms with E-state index in [1.54, 1.807) is 43.3 Å². The SMILES string of the molecule is Cc1cc(OC(=O)c2nc(S(=O)(=O)Cc3ccc(Cl)cc3)ncc2Cl)ccc1Cl. The van der Waals surface area contributed by atoms with Crippen LogP contribution in [0.3, 0.4) is 0 Å². The molecule has 2 aromatic carbocycles. The van der Waals surface area contributed by atoms with Gasteiger partial charge in [0.05, 0.1) is 17.0 Å². The van der Waals surface area contributed by atoms with E-state index in [-0.39, 0.29) is 22.2 Å². The normalized spacial score (nSPS) is 11.3. The quantitative estimate of drug-likeness (QED) is 0.298. The fourth-order valence-electron chi connectivity index (χ4n) is 2.34. The Morgan fingerprint density at radius 1 is 1.03 bits per heavy atom. The number of benzene rings is 2. The Morgan fingerprint density at radius 2 is 1.72 bits per heavy atom. The van der Waals surface area contributed by atoms with E-state index in [1.807, 2.05) is 0 Å². The standard InChI is InChI=1S/C19H13Cl3N2O4S/c1-11-8-14(6-7-15(11)21)28-18(25)17-16(22)9-23-19(24-17)29(26,27)10-12-2-4-13(20)5-3-12/h2-9H,10H2,1H3. The predicted molar refractivity (Wildman–Crippen MR) is 111 cm³/mol. The zero-order chi connectivity index (χ0) is 21.2. The van der Waals surface area contributed by atoms with Crippen molar-refractivity contribution in [3.63, 3.8) is 0 Å². The van der Waals surface area contributed by atoms with Crippen LogP contribution in [0.2, 0.25) is 15.1 Å². The molecule has 150 valence electrons. The van der Waals surface area contributed by atoms with Crippen LogP contribution in [0.4, 0.5) is 0 Å². The number of hydrogen-bond acceptors (Lipinski definition) is 6. The van der Waals surface area contributed by atoms with E-state index < -0.39 is 21.0 Å². The van der Waals surface area contributed by atoms with E-state index in [9.17, 15) is 13.2 Å². The highest BCUT2D eigenvalue weighted by Gasteiger charge is 2.24. The van der Waals surface area contributed by atoms with Gasteiger partial charge in [-0.05, 0) is 48.4 Å². The summed E-state index contributed by atoms with van der Waals surface area (Å²) in [5.41, 5.74) is 0.842. The first-order valence-electron chi connectivity index (χ1n) is 8.14. The van der Waals surface area contributed by atoms with Gasteiger partial charge >= 0.3 is 5.97 Å². The summed E-state index contributed by atoms with van der Waals surface area (Å²) >= 11 is 17.7. The minimum atomic E-state index is -3.93. The zero-order valence-corrected chi connectivity index (χ0v) is 18.0. The predicted octanol–water partition coefficient (Wildman–Crippen LogP) is 4.94. The maximum Gasteiger partial charge on any atom is 0.364 e. The molecule has 0 atom stereocenters. The van der Waals surface area contributed by atoms with Crippen LogP contribution in [0.5, 0.6) is 5.75 Å². The lowest BCUT2D eigenvalue weighted by Crippen LogP contribution is -2.16. The molecule has 0 saturated carbocycles. The summed E-state index contributed by atoms with van der Waals surface area (Å²) in [6, 6.07) is 10.9. The van der Waals surface area contributed by atoms with E-state index in [0.29, 0.717) is 21.2 Å². The second-order valence-electron chi connectivity index (χ2n) is 6.04. The second-order valence-corrected chi connectivity index (χ2v) is 9.17. The van der Waals surface area contributed by atoms with Gasteiger partial charge in [-0.3, -0.25) is 0 Å². The van der Waals surface area contributed by atoms with Gasteiger partial charge in [-0.2, -0.15) is 0 Å². The lowest BCUT2D eigenvalue weighted by Gasteiger charge is -2.08. The van der Waals surface area contributed by atoms with E-state index in [2.05, 4.69) is 9.97 Å². The molecule has 0 spiro atoms. The molecule has 6 nitrogen and oxygen atoms in total. The highest BCUT2D eigenvalue weighted by molar-refractivity contribution is 7.90. The molecule has 0 N–H and O–H groups in total. The Kier molecular flexibility index (Phi) is 6.43. The number of esters is 1. The lowest BCUT2D eigenvalue weighted by molar-refractivity contribution is 0.0727. The van der Waals surface area contributed by atoms with Gasteiger partial charge in [0.15, 0.2) is 5.69 Å². The van der Waals surface area contributed by atoms with E-state index in [4.69, 9.17) is 39.5 Å². The number of aromatic nitrogens is 2. The number of carbonyl (C=O) groups is 1. The monoisotopic (exact) mass is 470 g/mol. The molecule has 3 rings (SSSR count). The Hall–Kier alpha value is -2.19. The molecule has 1 aromatic heterocycles. The summed E-state index contributed by atoms with van der Waals surface area (Å²) in [6.45, 7) is 1.75. The van der Waals surface area contributed by atoms with Gasteiger partial charge < -0.3 is 4.74 Å². The van der Waals surface area contributed by atoms with Crippen LogP contribution < -0.4 is 4.74 Å². The fraction of sp³-hybridized carbons (Fsp3) is 0.105. The molecular weight excluding hydrogens is 459 g/mol. The molecule has 0 amide bonds. The summed E-state index contributed by atoms with van der Waals surface area (Å²) in [5, 5.41) is 0.332. The van der Waals surface area contributed by atoms with Crippen molar-refractivity contribution < 1.29 is 17.9 Å². The molecule has 3 aromatic rings. The van der Waals surface area contributed by atoms with Crippen LogP contribution in [0.15, 0.2) is 53.8 Å². The van der Waals surface area contributed by atoms with E-state index >= 15 is 0 Å². The summed E-state index contributed by atoms with van der Waals surface area (Å²) in [5.74, 6) is -1.06. The number of sulfone groups is 1. The van der Waals surface area contributed by atoms with Gasteiger partial charge in [-0.15, -0.1) is 0 Å². The lowest BCUT2D eigenvalue weighted by atomic mass is 10.2. The molecular formula is C19H13Cl3N2O4S. The number of halogens is 3. The van der Waals surface area contributed by atoms with Crippen LogP contribution in [-0.4, -0.2) is 24.4 Å². The molecule has 0 aliphatic heterocycles. The highest BCUT2D eigenvalue weighted by atomic mass is 35.5. The molecule has 0 saturated heterocycles. The first-order valence-corrected chi connectivity index (χ1v) is 10.9. The smallest absolute Gasteiger partial charge is 0.364 e. The zero-order valence-electron chi connectivity index (χ0n) is 14.9. The van der Waals surface area contributed by atoms with Crippen molar-refractivity contribution in [1.82, 2.24) is 9.97 Å². The number of ether oxygens (including phenoxy) is 1. The molecule has 10 heteroatoms. The molecule has 0 radical (unpaired) electrons. The molecule has 0 bridgehead atoms. The second kappa shape index (κ2) is 8.67. The third-order valence-corrected chi connectivity index (χ3v) is 6.22. The van der Waals surface area contributed by atoms with E-state index in [0.717, 1.165) is 6.20 Å². The molecule has 29 heavy (non-hydrogen) atoms. The summed E-state index contributed by atoms with van der Waals surface area (Å²) in [7, 11) is -3.93. The van der Waals surface area contributed by atoms with Gasteiger partial charge in [0, 0.05) is 10.0 Å².